The van der Waals surface area contributed by atoms with Crippen LogP contribution in [-0.4, -0.2) is 38.2 Å². The number of amides is 1. The molecule has 1 saturated carbocycles. The van der Waals surface area contributed by atoms with Crippen molar-refractivity contribution in [3.8, 4) is 5.75 Å². The van der Waals surface area contributed by atoms with Crippen molar-refractivity contribution in [2.75, 3.05) is 27.2 Å². The van der Waals surface area contributed by atoms with E-state index in [-0.39, 0.29) is 6.09 Å². The molecule has 0 radical (unpaired) electrons. The minimum absolute atomic E-state index is 0.354. The summed E-state index contributed by atoms with van der Waals surface area (Å²) >= 11 is 3.37. The summed E-state index contributed by atoms with van der Waals surface area (Å²) in [6.07, 6.45) is 8.69. The van der Waals surface area contributed by atoms with Gasteiger partial charge in [0.15, 0.2) is 0 Å². The SMILES string of the molecule is CN(C)CCCCC1CCC(CNC(=O)Oc2ccc(Br)cc2)CC1. The number of rotatable bonds is 8. The van der Waals surface area contributed by atoms with E-state index in [1.54, 1.807) is 12.1 Å². The normalized spacial score (nSPS) is 20.5. The molecule has 0 atom stereocenters. The van der Waals surface area contributed by atoms with E-state index in [1.807, 2.05) is 12.1 Å². The van der Waals surface area contributed by atoms with E-state index in [9.17, 15) is 4.79 Å². The zero-order chi connectivity index (χ0) is 18.1. The maximum atomic E-state index is 11.9. The molecule has 0 unspecified atom stereocenters. The number of benzene rings is 1. The van der Waals surface area contributed by atoms with Gasteiger partial charge < -0.3 is 15.0 Å². The summed E-state index contributed by atoms with van der Waals surface area (Å²) < 4.78 is 6.26. The quantitative estimate of drug-likeness (QED) is 0.607. The van der Waals surface area contributed by atoms with Gasteiger partial charge in [0.05, 0.1) is 0 Å². The van der Waals surface area contributed by atoms with Crippen LogP contribution < -0.4 is 10.1 Å². The number of carbonyl (C=O) groups is 1. The first-order valence-corrected chi connectivity index (χ1v) is 10.2. The van der Waals surface area contributed by atoms with E-state index in [0.29, 0.717) is 11.7 Å². The van der Waals surface area contributed by atoms with E-state index in [4.69, 9.17) is 4.74 Å². The molecule has 1 aromatic rings. The Morgan fingerprint density at radius 2 is 1.76 bits per heavy atom. The minimum Gasteiger partial charge on any atom is -0.410 e. The lowest BCUT2D eigenvalue weighted by molar-refractivity contribution is 0.193. The lowest BCUT2D eigenvalue weighted by Crippen LogP contribution is -2.33. The molecule has 0 heterocycles. The Labute approximate surface area is 160 Å². The summed E-state index contributed by atoms with van der Waals surface area (Å²) in [5.41, 5.74) is 0. The third kappa shape index (κ3) is 8.23. The van der Waals surface area contributed by atoms with Crippen molar-refractivity contribution in [2.45, 2.75) is 44.9 Å². The molecule has 0 aliphatic heterocycles. The smallest absolute Gasteiger partial charge is 0.410 e. The van der Waals surface area contributed by atoms with Crippen LogP contribution in [0.5, 0.6) is 5.75 Å². The standard InChI is InChI=1S/C20H31BrN2O2/c1-23(2)14-4-3-5-16-6-8-17(9-7-16)15-22-20(24)25-19-12-10-18(21)11-13-19/h10-13,16-17H,3-9,14-15H2,1-2H3,(H,22,24). The summed E-state index contributed by atoms with van der Waals surface area (Å²) in [6.45, 7) is 1.92. The van der Waals surface area contributed by atoms with Crippen molar-refractivity contribution in [1.29, 1.82) is 0 Å². The molecule has 5 heteroatoms. The van der Waals surface area contributed by atoms with Gasteiger partial charge in [0.2, 0.25) is 0 Å². The molecule has 1 aliphatic carbocycles. The van der Waals surface area contributed by atoms with Gasteiger partial charge >= 0.3 is 6.09 Å². The van der Waals surface area contributed by atoms with Gasteiger partial charge in [-0.25, -0.2) is 4.79 Å². The number of hydrogen-bond donors (Lipinski definition) is 1. The van der Waals surface area contributed by atoms with Crippen molar-refractivity contribution in [3.63, 3.8) is 0 Å². The highest BCUT2D eigenvalue weighted by Gasteiger charge is 2.21. The van der Waals surface area contributed by atoms with Gasteiger partial charge in [-0.15, -0.1) is 0 Å². The largest absolute Gasteiger partial charge is 0.412 e. The van der Waals surface area contributed by atoms with Crippen LogP contribution in [0.3, 0.4) is 0 Å². The predicted molar refractivity (Wildman–Crippen MR) is 106 cm³/mol. The lowest BCUT2D eigenvalue weighted by atomic mass is 9.80. The van der Waals surface area contributed by atoms with E-state index < -0.39 is 0 Å². The summed E-state index contributed by atoms with van der Waals surface area (Å²) in [7, 11) is 4.28. The van der Waals surface area contributed by atoms with Crippen LogP contribution >= 0.6 is 15.9 Å². The molecule has 1 fully saturated rings. The van der Waals surface area contributed by atoms with Gasteiger partial charge in [0.1, 0.15) is 5.75 Å². The number of carbonyl (C=O) groups excluding carboxylic acids is 1. The Hall–Kier alpha value is -1.07. The summed E-state index contributed by atoms with van der Waals surface area (Å²) in [5, 5.41) is 2.92. The van der Waals surface area contributed by atoms with Gasteiger partial charge in [0, 0.05) is 11.0 Å². The third-order valence-electron chi connectivity index (χ3n) is 4.99. The first-order chi connectivity index (χ1) is 12.0. The second kappa shape index (κ2) is 10.8. The van der Waals surface area contributed by atoms with Gasteiger partial charge in [-0.3, -0.25) is 0 Å². The summed E-state index contributed by atoms with van der Waals surface area (Å²) in [6, 6.07) is 7.29. The molecule has 0 bridgehead atoms. The zero-order valence-corrected chi connectivity index (χ0v) is 17.1. The van der Waals surface area contributed by atoms with Crippen molar-refractivity contribution in [2.24, 2.45) is 11.8 Å². The van der Waals surface area contributed by atoms with E-state index in [0.717, 1.165) is 16.9 Å². The number of nitrogens with one attached hydrogen (secondary N) is 1. The Balaban J connectivity index is 1.57. The Bertz CT molecular complexity index is 511. The van der Waals surface area contributed by atoms with Crippen molar-refractivity contribution < 1.29 is 9.53 Å². The number of unbranched alkanes of at least 4 members (excludes halogenated alkanes) is 1. The monoisotopic (exact) mass is 410 g/mol. The highest BCUT2D eigenvalue weighted by molar-refractivity contribution is 9.10. The van der Waals surface area contributed by atoms with Crippen LogP contribution in [-0.2, 0) is 0 Å². The van der Waals surface area contributed by atoms with Crippen LogP contribution in [0, 0.1) is 11.8 Å². The highest BCUT2D eigenvalue weighted by Crippen LogP contribution is 2.31. The molecule has 0 saturated heterocycles. The second-order valence-electron chi connectivity index (χ2n) is 7.41. The molecule has 1 amide bonds. The predicted octanol–water partition coefficient (Wildman–Crippen LogP) is 5.08. The van der Waals surface area contributed by atoms with Crippen molar-refractivity contribution >= 4 is 22.0 Å². The van der Waals surface area contributed by atoms with Gasteiger partial charge in [0.25, 0.3) is 0 Å². The van der Waals surface area contributed by atoms with Gasteiger partial charge in [-0.2, -0.15) is 0 Å². The lowest BCUT2D eigenvalue weighted by Gasteiger charge is -2.28. The van der Waals surface area contributed by atoms with Gasteiger partial charge in [-0.1, -0.05) is 41.6 Å². The van der Waals surface area contributed by atoms with E-state index in [2.05, 4.69) is 40.2 Å². The molecule has 1 aliphatic rings. The maximum absolute atomic E-state index is 11.9. The minimum atomic E-state index is -0.354. The average molecular weight is 411 g/mol. The summed E-state index contributed by atoms with van der Waals surface area (Å²) in [5.74, 6) is 2.05. The topological polar surface area (TPSA) is 41.6 Å². The number of halogens is 1. The van der Waals surface area contributed by atoms with Crippen LogP contribution in [0.25, 0.3) is 0 Å². The molecule has 140 valence electrons. The summed E-state index contributed by atoms with van der Waals surface area (Å²) in [4.78, 5) is 14.1. The second-order valence-corrected chi connectivity index (χ2v) is 8.33. The fourth-order valence-electron chi connectivity index (χ4n) is 3.46. The number of hydrogen-bond acceptors (Lipinski definition) is 3. The molecule has 4 nitrogen and oxygen atoms in total. The number of ether oxygens (including phenoxy) is 1. The van der Waals surface area contributed by atoms with Crippen molar-refractivity contribution in [3.05, 3.63) is 28.7 Å². The first kappa shape index (κ1) is 20.2. The maximum Gasteiger partial charge on any atom is 0.412 e. The molecule has 25 heavy (non-hydrogen) atoms. The molecular formula is C20H31BrN2O2. The average Bonchev–Trinajstić information content (AvgIpc) is 2.60. The first-order valence-electron chi connectivity index (χ1n) is 9.39. The Kier molecular flexibility index (Phi) is 8.76. The molecule has 2 rings (SSSR count). The molecule has 1 aromatic carbocycles. The van der Waals surface area contributed by atoms with Crippen LogP contribution in [0.1, 0.15) is 44.9 Å². The van der Waals surface area contributed by atoms with Crippen LogP contribution in [0.4, 0.5) is 4.79 Å². The van der Waals surface area contributed by atoms with Crippen molar-refractivity contribution in [1.82, 2.24) is 10.2 Å². The Morgan fingerprint density at radius 1 is 1.12 bits per heavy atom. The Morgan fingerprint density at radius 3 is 2.40 bits per heavy atom. The third-order valence-corrected chi connectivity index (χ3v) is 5.52. The van der Waals surface area contributed by atoms with Crippen LogP contribution in [0.2, 0.25) is 0 Å². The molecule has 0 spiro atoms. The fourth-order valence-corrected chi connectivity index (χ4v) is 3.72. The van der Waals surface area contributed by atoms with Crippen LogP contribution in [0.15, 0.2) is 28.7 Å². The van der Waals surface area contributed by atoms with Gasteiger partial charge in [-0.05, 0) is 76.0 Å². The molecular weight excluding hydrogens is 380 g/mol. The highest BCUT2D eigenvalue weighted by atomic mass is 79.9. The fraction of sp³-hybridized carbons (Fsp3) is 0.650. The zero-order valence-electron chi connectivity index (χ0n) is 15.5. The van der Waals surface area contributed by atoms with E-state index >= 15 is 0 Å². The number of nitrogens with zero attached hydrogens (tertiary/aromatic N) is 1. The molecule has 1 N–H and O–H groups in total. The van der Waals surface area contributed by atoms with E-state index in [1.165, 1.54) is 51.5 Å². The molecule has 0 aromatic heterocycles.